The third kappa shape index (κ3) is 2.32. The van der Waals surface area contributed by atoms with Gasteiger partial charge in [0.2, 0.25) is 0 Å². The quantitative estimate of drug-likeness (QED) is 0.682. The van der Waals surface area contributed by atoms with Crippen molar-refractivity contribution in [2.45, 2.75) is 6.11 Å². The lowest BCUT2D eigenvalue weighted by atomic mass is 10.1. The number of alkyl halides is 2. The van der Waals surface area contributed by atoms with Crippen molar-refractivity contribution in [1.29, 1.82) is 0 Å². The number of nitro benzene ring substituents is 1. The molecular weight excluding hydrogens is 278 g/mol. The molecule has 0 atom stereocenters. The van der Waals surface area contributed by atoms with Crippen LogP contribution < -0.4 is 4.74 Å². The summed E-state index contributed by atoms with van der Waals surface area (Å²) in [5.74, 6) is -3.03. The molecule has 104 valence electrons. The summed E-state index contributed by atoms with van der Waals surface area (Å²) < 4.78 is 30.2. The van der Waals surface area contributed by atoms with Gasteiger partial charge < -0.3 is 9.84 Å². The van der Waals surface area contributed by atoms with E-state index in [-0.39, 0.29) is 16.6 Å². The van der Waals surface area contributed by atoms with Gasteiger partial charge in [-0.3, -0.25) is 15.1 Å². The Morgan fingerprint density at radius 1 is 1.40 bits per heavy atom. The summed E-state index contributed by atoms with van der Waals surface area (Å²) in [7, 11) is 0. The van der Waals surface area contributed by atoms with Crippen LogP contribution in [-0.2, 0) is 4.79 Å². The van der Waals surface area contributed by atoms with Crippen molar-refractivity contribution in [3.05, 3.63) is 40.6 Å². The number of rotatable bonds is 4. The van der Waals surface area contributed by atoms with Crippen LogP contribution in [0.5, 0.6) is 5.75 Å². The summed E-state index contributed by atoms with van der Waals surface area (Å²) in [5, 5.41) is 19.1. The topological polar surface area (TPSA) is 103 Å². The molecule has 1 heterocycles. The first-order chi connectivity index (χ1) is 9.33. The molecule has 0 aliphatic rings. The van der Waals surface area contributed by atoms with E-state index in [0.29, 0.717) is 0 Å². The molecule has 2 rings (SSSR count). The highest BCUT2D eigenvalue weighted by atomic mass is 19.3. The number of hydrogen-bond acceptors (Lipinski definition) is 5. The average molecular weight is 284 g/mol. The zero-order valence-electron chi connectivity index (χ0n) is 9.62. The maximum absolute atomic E-state index is 13.0. The highest BCUT2D eigenvalue weighted by Gasteiger charge is 2.43. The largest absolute Gasteiger partial charge is 0.501 e. The van der Waals surface area contributed by atoms with Gasteiger partial charge in [-0.05, 0) is 18.2 Å². The van der Waals surface area contributed by atoms with E-state index >= 15 is 0 Å². The van der Waals surface area contributed by atoms with Crippen LogP contribution in [0.4, 0.5) is 14.5 Å². The van der Waals surface area contributed by atoms with Crippen molar-refractivity contribution in [2.24, 2.45) is 0 Å². The number of nitrogens with zero attached hydrogens (tertiary/aromatic N) is 2. The van der Waals surface area contributed by atoms with E-state index in [9.17, 15) is 23.7 Å². The van der Waals surface area contributed by atoms with Gasteiger partial charge in [0, 0.05) is 12.3 Å². The van der Waals surface area contributed by atoms with Gasteiger partial charge in [0.25, 0.3) is 5.69 Å². The van der Waals surface area contributed by atoms with E-state index in [1.165, 1.54) is 18.3 Å². The smallest absolute Gasteiger partial charge is 0.474 e. The van der Waals surface area contributed by atoms with Gasteiger partial charge in [-0.1, -0.05) is 0 Å². The van der Waals surface area contributed by atoms with Gasteiger partial charge in [-0.2, -0.15) is 8.78 Å². The van der Waals surface area contributed by atoms with Gasteiger partial charge in [0.15, 0.2) is 5.75 Å². The zero-order chi connectivity index (χ0) is 14.9. The van der Waals surface area contributed by atoms with E-state index in [1.807, 2.05) is 0 Å². The molecule has 0 saturated heterocycles. The molecule has 0 amide bonds. The molecule has 0 spiro atoms. The van der Waals surface area contributed by atoms with E-state index in [2.05, 4.69) is 9.72 Å². The van der Waals surface area contributed by atoms with Crippen LogP contribution in [0, 0.1) is 10.1 Å². The molecule has 1 N–H and O–H groups in total. The Bertz CT molecular complexity index is 704. The van der Waals surface area contributed by atoms with Crippen LogP contribution in [0.3, 0.4) is 0 Å². The van der Waals surface area contributed by atoms with Crippen LogP contribution in [-0.4, -0.2) is 27.1 Å². The van der Waals surface area contributed by atoms with Crippen LogP contribution >= 0.6 is 0 Å². The molecule has 0 saturated carbocycles. The van der Waals surface area contributed by atoms with Gasteiger partial charge in [0.05, 0.1) is 10.3 Å². The molecule has 0 aliphatic carbocycles. The minimum absolute atomic E-state index is 0.0313. The van der Waals surface area contributed by atoms with Crippen molar-refractivity contribution >= 4 is 22.6 Å². The summed E-state index contributed by atoms with van der Waals surface area (Å²) in [4.78, 5) is 24.2. The number of pyridine rings is 1. The van der Waals surface area contributed by atoms with Crippen molar-refractivity contribution in [1.82, 2.24) is 4.98 Å². The van der Waals surface area contributed by atoms with E-state index < -0.39 is 22.8 Å². The highest BCUT2D eigenvalue weighted by molar-refractivity contribution is 5.92. The second-order valence-corrected chi connectivity index (χ2v) is 3.66. The summed E-state index contributed by atoms with van der Waals surface area (Å²) >= 11 is 0. The predicted octanol–water partition coefficient (Wildman–Crippen LogP) is 2.20. The number of ether oxygens (including phenoxy) is 1. The van der Waals surface area contributed by atoms with Crippen molar-refractivity contribution in [3.63, 3.8) is 0 Å². The average Bonchev–Trinajstić information content (AvgIpc) is 2.38. The minimum Gasteiger partial charge on any atom is -0.474 e. The Hall–Kier alpha value is -2.84. The number of hydrogen-bond donors (Lipinski definition) is 1. The Morgan fingerprint density at radius 3 is 2.70 bits per heavy atom. The second-order valence-electron chi connectivity index (χ2n) is 3.66. The maximum Gasteiger partial charge on any atom is 0.501 e. The molecule has 2 aromatic rings. The fraction of sp³-hybridized carbons (Fsp3) is 0.0909. The molecule has 1 aromatic heterocycles. The van der Waals surface area contributed by atoms with Crippen LogP contribution in [0.1, 0.15) is 0 Å². The molecule has 0 unspecified atom stereocenters. The van der Waals surface area contributed by atoms with Gasteiger partial charge in [-0.15, -0.1) is 0 Å². The number of aromatic nitrogens is 1. The standard InChI is InChI=1S/C11H6F2N2O5/c12-11(13,10(16)17)20-8-4-3-7(15(18)19)6-2-1-5-14-9(6)8/h1-5H,(H,16,17). The minimum atomic E-state index is -4.46. The molecule has 0 radical (unpaired) electrons. The maximum atomic E-state index is 13.0. The fourth-order valence-electron chi connectivity index (χ4n) is 1.55. The number of benzene rings is 1. The number of carbonyl (C=O) groups is 1. The molecule has 9 heteroatoms. The van der Waals surface area contributed by atoms with Crippen LogP contribution in [0.25, 0.3) is 10.9 Å². The third-order valence-corrected chi connectivity index (χ3v) is 2.39. The van der Waals surface area contributed by atoms with Gasteiger partial charge >= 0.3 is 12.1 Å². The lowest BCUT2D eigenvalue weighted by Crippen LogP contribution is -2.34. The lowest BCUT2D eigenvalue weighted by molar-refractivity contribution is -0.383. The molecule has 20 heavy (non-hydrogen) atoms. The Kier molecular flexibility index (Phi) is 3.18. The van der Waals surface area contributed by atoms with Crippen molar-refractivity contribution in [3.8, 4) is 5.75 Å². The summed E-state index contributed by atoms with van der Waals surface area (Å²) in [6.45, 7) is 0. The first-order valence-electron chi connectivity index (χ1n) is 5.15. The number of nitro groups is 1. The highest BCUT2D eigenvalue weighted by Crippen LogP contribution is 2.33. The normalized spacial score (nSPS) is 11.3. The van der Waals surface area contributed by atoms with Crippen LogP contribution in [0.2, 0.25) is 0 Å². The number of carboxylic acid groups (broad SMARTS) is 1. The third-order valence-electron chi connectivity index (χ3n) is 2.39. The predicted molar refractivity (Wildman–Crippen MR) is 61.6 cm³/mol. The lowest BCUT2D eigenvalue weighted by Gasteiger charge is -2.14. The van der Waals surface area contributed by atoms with Crippen molar-refractivity contribution < 1.29 is 28.3 Å². The first-order valence-corrected chi connectivity index (χ1v) is 5.15. The zero-order valence-corrected chi connectivity index (χ0v) is 9.62. The van der Waals surface area contributed by atoms with Crippen LogP contribution in [0.15, 0.2) is 30.5 Å². The van der Waals surface area contributed by atoms with Crippen molar-refractivity contribution in [2.75, 3.05) is 0 Å². The number of fused-ring (bicyclic) bond motifs is 1. The number of aliphatic carboxylic acids is 1. The number of non-ortho nitro benzene ring substituents is 1. The SMILES string of the molecule is O=C(O)C(F)(F)Oc1ccc([N+](=O)[O-])c2cccnc12. The monoisotopic (exact) mass is 284 g/mol. The van der Waals surface area contributed by atoms with Gasteiger partial charge in [-0.25, -0.2) is 4.79 Å². The first kappa shape index (κ1) is 13.6. The summed E-state index contributed by atoms with van der Waals surface area (Å²) in [6.07, 6.45) is -3.24. The number of halogens is 2. The Labute approximate surface area is 109 Å². The summed E-state index contributed by atoms with van der Waals surface area (Å²) in [5.41, 5.74) is -0.568. The number of carboxylic acids is 1. The van der Waals surface area contributed by atoms with Gasteiger partial charge in [0.1, 0.15) is 5.52 Å². The van der Waals surface area contributed by atoms with E-state index in [4.69, 9.17) is 5.11 Å². The fourth-order valence-corrected chi connectivity index (χ4v) is 1.55. The molecule has 1 aromatic carbocycles. The molecule has 0 fully saturated rings. The summed E-state index contributed by atoms with van der Waals surface area (Å²) in [6, 6.07) is 4.50. The molecule has 0 bridgehead atoms. The molecule has 0 aliphatic heterocycles. The van der Waals surface area contributed by atoms with E-state index in [1.54, 1.807) is 0 Å². The Morgan fingerprint density at radius 2 is 2.10 bits per heavy atom. The molecule has 7 nitrogen and oxygen atoms in total. The van der Waals surface area contributed by atoms with E-state index in [0.717, 1.165) is 12.1 Å². The Balaban J connectivity index is 2.60. The molecular formula is C11H6F2N2O5. The second kappa shape index (κ2) is 4.68.